The summed E-state index contributed by atoms with van der Waals surface area (Å²) in [6, 6.07) is -0.430. The van der Waals surface area contributed by atoms with Crippen molar-refractivity contribution in [2.75, 3.05) is 12.5 Å². The van der Waals surface area contributed by atoms with E-state index in [9.17, 15) is 14.5 Å². The monoisotopic (exact) mass is 253 g/mol. The lowest BCUT2D eigenvalue weighted by atomic mass is 9.98. The van der Waals surface area contributed by atoms with E-state index >= 15 is 0 Å². The van der Waals surface area contributed by atoms with E-state index in [4.69, 9.17) is 10.8 Å². The molecule has 0 aliphatic heterocycles. The first-order valence-electron chi connectivity index (χ1n) is 5.07. The largest absolute Gasteiger partial charge is 0.617 e. The first-order valence-corrected chi connectivity index (χ1v) is 7.04. The number of carbonyl (C=O) groups is 1. The van der Waals surface area contributed by atoms with Crippen molar-refractivity contribution in [3.05, 3.63) is 0 Å². The molecular formula is C10H23NO4S. The molecule has 0 radical (unpaired) electrons. The van der Waals surface area contributed by atoms with Crippen LogP contribution in [0.2, 0.25) is 0 Å². The standard InChI is InChI=1S/C8H17NO3.C2H6OS/c1-5(2)3-6(9)7(10)4-8(11)12;1-4(2)3/h5-7,10H,3-4,9H2,1-2H3,(H,11,12);1-2H3/t6-,7-;/m0./s1. The Morgan fingerprint density at radius 2 is 1.81 bits per heavy atom. The fourth-order valence-electron chi connectivity index (χ4n) is 1.03. The number of rotatable bonds is 5. The average Bonchev–Trinajstić information content (AvgIpc) is 1.99. The molecule has 6 heteroatoms. The minimum Gasteiger partial charge on any atom is -0.617 e. The molecule has 4 N–H and O–H groups in total. The molecule has 2 atom stereocenters. The zero-order valence-corrected chi connectivity index (χ0v) is 11.2. The topological polar surface area (TPSA) is 107 Å². The highest BCUT2D eigenvalue weighted by atomic mass is 32.2. The second kappa shape index (κ2) is 9.89. The van der Waals surface area contributed by atoms with E-state index in [2.05, 4.69) is 0 Å². The van der Waals surface area contributed by atoms with Crippen LogP contribution in [0.15, 0.2) is 0 Å². The Balaban J connectivity index is 0. The number of hydrogen-bond donors (Lipinski definition) is 3. The van der Waals surface area contributed by atoms with Gasteiger partial charge in [-0.2, -0.15) is 0 Å². The number of carboxylic acid groups (broad SMARTS) is 1. The van der Waals surface area contributed by atoms with Gasteiger partial charge >= 0.3 is 5.97 Å². The van der Waals surface area contributed by atoms with Crippen molar-refractivity contribution in [2.24, 2.45) is 11.7 Å². The molecule has 0 rings (SSSR count). The van der Waals surface area contributed by atoms with Crippen LogP contribution in [-0.2, 0) is 16.0 Å². The third kappa shape index (κ3) is 16.1. The molecule has 0 aromatic carbocycles. The summed E-state index contributed by atoms with van der Waals surface area (Å²) in [6.07, 6.45) is 2.73. The van der Waals surface area contributed by atoms with Gasteiger partial charge < -0.3 is 20.5 Å². The van der Waals surface area contributed by atoms with Crippen molar-refractivity contribution in [3.63, 3.8) is 0 Å². The van der Waals surface area contributed by atoms with Crippen LogP contribution in [0.1, 0.15) is 26.7 Å². The van der Waals surface area contributed by atoms with E-state index in [0.29, 0.717) is 12.3 Å². The Labute approximate surface area is 100 Å². The number of aliphatic hydroxyl groups is 1. The van der Waals surface area contributed by atoms with E-state index in [-0.39, 0.29) is 6.42 Å². The fraction of sp³-hybridized carbons (Fsp3) is 0.900. The van der Waals surface area contributed by atoms with Crippen LogP contribution in [0.5, 0.6) is 0 Å². The van der Waals surface area contributed by atoms with Gasteiger partial charge in [-0.15, -0.1) is 0 Å². The van der Waals surface area contributed by atoms with E-state index in [1.54, 1.807) is 12.5 Å². The zero-order chi connectivity index (χ0) is 13.3. The van der Waals surface area contributed by atoms with E-state index in [0.717, 1.165) is 0 Å². The molecule has 0 amide bonds. The van der Waals surface area contributed by atoms with Crippen molar-refractivity contribution in [3.8, 4) is 0 Å². The van der Waals surface area contributed by atoms with Gasteiger partial charge in [0, 0.05) is 6.04 Å². The lowest BCUT2D eigenvalue weighted by molar-refractivity contribution is -0.139. The van der Waals surface area contributed by atoms with E-state index in [1.165, 1.54) is 0 Å². The average molecular weight is 253 g/mol. The Kier molecular flexibility index (Phi) is 11.2. The summed E-state index contributed by atoms with van der Waals surface area (Å²) in [7, 11) is 0. The van der Waals surface area contributed by atoms with Crippen LogP contribution in [0.25, 0.3) is 0 Å². The Morgan fingerprint density at radius 1 is 1.44 bits per heavy atom. The maximum Gasteiger partial charge on any atom is 0.306 e. The van der Waals surface area contributed by atoms with Gasteiger partial charge in [-0.3, -0.25) is 4.79 Å². The molecule has 0 aliphatic carbocycles. The van der Waals surface area contributed by atoms with Crippen molar-refractivity contribution in [1.82, 2.24) is 0 Å². The summed E-state index contributed by atoms with van der Waals surface area (Å²) in [5.74, 6) is -0.634. The predicted molar refractivity (Wildman–Crippen MR) is 65.7 cm³/mol. The summed E-state index contributed by atoms with van der Waals surface area (Å²) in [5.41, 5.74) is 5.55. The van der Waals surface area contributed by atoms with Gasteiger partial charge in [-0.1, -0.05) is 25.0 Å². The fourth-order valence-corrected chi connectivity index (χ4v) is 1.03. The number of aliphatic carboxylic acids is 1. The van der Waals surface area contributed by atoms with Gasteiger partial charge in [0.25, 0.3) is 0 Å². The third-order valence-electron chi connectivity index (χ3n) is 1.62. The second-order valence-electron chi connectivity index (χ2n) is 4.20. The highest BCUT2D eigenvalue weighted by Crippen LogP contribution is 2.08. The maximum absolute atomic E-state index is 10.2. The van der Waals surface area contributed by atoms with Crippen LogP contribution in [0, 0.1) is 5.92 Å². The molecule has 0 saturated heterocycles. The molecule has 0 saturated carbocycles. The zero-order valence-electron chi connectivity index (χ0n) is 10.3. The third-order valence-corrected chi connectivity index (χ3v) is 1.62. The molecule has 0 fully saturated rings. The van der Waals surface area contributed by atoms with Gasteiger partial charge in [-0.05, 0) is 12.3 Å². The molecule has 0 aromatic rings. The second-order valence-corrected chi connectivity index (χ2v) is 5.68. The first kappa shape index (κ1) is 18.1. The van der Waals surface area contributed by atoms with Crippen molar-refractivity contribution >= 4 is 17.1 Å². The summed E-state index contributed by atoms with van der Waals surface area (Å²) in [5, 5.41) is 17.6. The summed E-state index contributed by atoms with van der Waals surface area (Å²) in [4.78, 5) is 10.2. The molecular weight excluding hydrogens is 230 g/mol. The smallest absolute Gasteiger partial charge is 0.306 e. The lowest BCUT2D eigenvalue weighted by Gasteiger charge is -2.18. The predicted octanol–water partition coefficient (Wildman–Crippen LogP) is 0.190. The van der Waals surface area contributed by atoms with Gasteiger partial charge in [0.1, 0.15) is 0 Å². The number of aliphatic hydroxyl groups excluding tert-OH is 1. The van der Waals surface area contributed by atoms with Crippen molar-refractivity contribution in [1.29, 1.82) is 0 Å². The highest BCUT2D eigenvalue weighted by Gasteiger charge is 2.18. The summed E-state index contributed by atoms with van der Waals surface area (Å²) >= 11 is -0.611. The Bertz CT molecular complexity index is 185. The first-order chi connectivity index (χ1) is 7.16. The van der Waals surface area contributed by atoms with Gasteiger partial charge in [0.2, 0.25) is 0 Å². The molecule has 0 bridgehead atoms. The molecule has 0 heterocycles. The molecule has 0 aromatic heterocycles. The van der Waals surface area contributed by atoms with Crippen LogP contribution in [0.3, 0.4) is 0 Å². The molecule has 0 spiro atoms. The van der Waals surface area contributed by atoms with Crippen molar-refractivity contribution < 1.29 is 19.6 Å². The number of nitrogens with two attached hydrogens (primary N) is 1. The van der Waals surface area contributed by atoms with Crippen LogP contribution >= 0.6 is 0 Å². The van der Waals surface area contributed by atoms with Crippen LogP contribution in [0.4, 0.5) is 0 Å². The van der Waals surface area contributed by atoms with E-state index < -0.39 is 29.3 Å². The van der Waals surface area contributed by atoms with Crippen LogP contribution in [-0.4, -0.2) is 45.4 Å². The highest BCUT2D eigenvalue weighted by molar-refractivity contribution is 7.89. The molecule has 16 heavy (non-hydrogen) atoms. The summed E-state index contributed by atoms with van der Waals surface area (Å²) < 4.78 is 9.56. The Hall–Kier alpha value is -0.300. The molecule has 0 unspecified atom stereocenters. The normalized spacial score (nSPS) is 14.3. The van der Waals surface area contributed by atoms with Gasteiger partial charge in [0.05, 0.1) is 25.0 Å². The quantitative estimate of drug-likeness (QED) is 0.606. The van der Waals surface area contributed by atoms with E-state index in [1.807, 2.05) is 13.8 Å². The number of hydrogen-bond acceptors (Lipinski definition) is 4. The van der Waals surface area contributed by atoms with Crippen LogP contribution < -0.4 is 5.73 Å². The minimum atomic E-state index is -1.01. The SMILES string of the molecule is CC(C)C[C@H](N)[C@@H](O)CC(=O)O.C[S+](C)[O-]. The number of carboxylic acids is 1. The molecule has 5 nitrogen and oxygen atoms in total. The molecule has 98 valence electrons. The maximum atomic E-state index is 10.2. The Morgan fingerprint density at radius 3 is 2.06 bits per heavy atom. The summed E-state index contributed by atoms with van der Waals surface area (Å²) in [6.45, 7) is 3.96. The minimum absolute atomic E-state index is 0.270. The lowest BCUT2D eigenvalue weighted by Crippen LogP contribution is -2.37. The van der Waals surface area contributed by atoms with Gasteiger partial charge in [-0.25, -0.2) is 0 Å². The molecule has 0 aliphatic rings. The van der Waals surface area contributed by atoms with Crippen molar-refractivity contribution in [2.45, 2.75) is 38.8 Å². The van der Waals surface area contributed by atoms with Gasteiger partial charge in [0.15, 0.2) is 0 Å².